The first kappa shape index (κ1) is 21.4. The van der Waals surface area contributed by atoms with Gasteiger partial charge in [0, 0.05) is 19.0 Å². The van der Waals surface area contributed by atoms with E-state index in [2.05, 4.69) is 42.6 Å². The van der Waals surface area contributed by atoms with Gasteiger partial charge in [-0.1, -0.05) is 49.7 Å². The summed E-state index contributed by atoms with van der Waals surface area (Å²) in [7, 11) is 0. The molecule has 2 aliphatic rings. The highest BCUT2D eigenvalue weighted by atomic mass is 16.5. The summed E-state index contributed by atoms with van der Waals surface area (Å²) >= 11 is 0. The van der Waals surface area contributed by atoms with Gasteiger partial charge in [0.15, 0.2) is 6.10 Å². The van der Waals surface area contributed by atoms with E-state index in [1.165, 1.54) is 11.1 Å². The third kappa shape index (κ3) is 4.76. The van der Waals surface area contributed by atoms with Crippen molar-refractivity contribution >= 4 is 11.8 Å². The van der Waals surface area contributed by atoms with E-state index >= 15 is 0 Å². The second-order valence-corrected chi connectivity index (χ2v) is 8.66. The van der Waals surface area contributed by atoms with Gasteiger partial charge in [-0.3, -0.25) is 9.59 Å². The lowest BCUT2D eigenvalue weighted by atomic mass is 9.87. The van der Waals surface area contributed by atoms with Crippen LogP contribution in [-0.4, -0.2) is 35.4 Å². The van der Waals surface area contributed by atoms with Gasteiger partial charge in [0.25, 0.3) is 5.91 Å². The zero-order valence-corrected chi connectivity index (χ0v) is 18.7. The van der Waals surface area contributed by atoms with Crippen LogP contribution in [0.4, 0.5) is 0 Å². The number of hydrogen-bond donors (Lipinski definition) is 1. The number of amides is 2. The summed E-state index contributed by atoms with van der Waals surface area (Å²) in [5, 5.41) is 3.04. The standard InChI is InChI=1S/C26H32N2O3/c1-4-23(26(30)27-20-11-12-20)31-21-13-10-18-14-15-28(24(29)5-2)25(22(18)16-21)19-8-6-17(3)7-9-19/h6-10,13,16,20,23,25H,4-5,11-12,14-15H2,1-3H3,(H,27,30)/t23-,25-/m0/s1. The van der Waals surface area contributed by atoms with Crippen molar-refractivity contribution in [2.24, 2.45) is 0 Å². The predicted molar refractivity (Wildman–Crippen MR) is 121 cm³/mol. The van der Waals surface area contributed by atoms with Gasteiger partial charge >= 0.3 is 0 Å². The Bertz CT molecular complexity index is 950. The normalized spacial score (nSPS) is 18.8. The largest absolute Gasteiger partial charge is 0.481 e. The van der Waals surface area contributed by atoms with Crippen LogP contribution < -0.4 is 10.1 Å². The van der Waals surface area contributed by atoms with E-state index in [1.54, 1.807) is 0 Å². The highest BCUT2D eigenvalue weighted by Gasteiger charge is 2.32. The quantitative estimate of drug-likeness (QED) is 0.726. The highest BCUT2D eigenvalue weighted by Crippen LogP contribution is 2.38. The highest BCUT2D eigenvalue weighted by molar-refractivity contribution is 5.81. The van der Waals surface area contributed by atoms with Crippen LogP contribution in [0.5, 0.6) is 5.75 Å². The Balaban J connectivity index is 1.65. The number of aryl methyl sites for hydroxylation is 1. The van der Waals surface area contributed by atoms with Gasteiger partial charge in [0.2, 0.25) is 5.91 Å². The molecule has 1 fully saturated rings. The summed E-state index contributed by atoms with van der Waals surface area (Å²) in [5.74, 6) is 0.790. The van der Waals surface area contributed by atoms with Crippen LogP contribution in [0.25, 0.3) is 0 Å². The lowest BCUT2D eigenvalue weighted by Gasteiger charge is -2.38. The molecule has 0 bridgehead atoms. The Morgan fingerprint density at radius 3 is 2.52 bits per heavy atom. The van der Waals surface area contributed by atoms with Gasteiger partial charge in [0.1, 0.15) is 5.75 Å². The summed E-state index contributed by atoms with van der Waals surface area (Å²) in [4.78, 5) is 27.3. The molecule has 5 nitrogen and oxygen atoms in total. The number of rotatable bonds is 7. The molecule has 1 N–H and O–H groups in total. The number of hydrogen-bond acceptors (Lipinski definition) is 3. The van der Waals surface area contributed by atoms with Crippen molar-refractivity contribution in [1.82, 2.24) is 10.2 Å². The average molecular weight is 421 g/mol. The van der Waals surface area contributed by atoms with E-state index in [0.717, 1.165) is 30.4 Å². The minimum atomic E-state index is -0.506. The summed E-state index contributed by atoms with van der Waals surface area (Å²) in [6, 6.07) is 14.6. The van der Waals surface area contributed by atoms with Crippen molar-refractivity contribution in [1.29, 1.82) is 0 Å². The molecule has 1 aliphatic heterocycles. The molecule has 5 heteroatoms. The van der Waals surface area contributed by atoms with Crippen LogP contribution in [-0.2, 0) is 16.0 Å². The Hall–Kier alpha value is -2.82. The topological polar surface area (TPSA) is 58.6 Å². The van der Waals surface area contributed by atoms with E-state index in [9.17, 15) is 9.59 Å². The number of carbonyl (C=O) groups is 2. The third-order valence-corrected chi connectivity index (χ3v) is 6.23. The molecule has 2 aromatic carbocycles. The van der Waals surface area contributed by atoms with E-state index in [-0.39, 0.29) is 17.9 Å². The fourth-order valence-corrected chi connectivity index (χ4v) is 4.25. The molecule has 0 aromatic heterocycles. The zero-order valence-electron chi connectivity index (χ0n) is 18.7. The van der Waals surface area contributed by atoms with Crippen molar-refractivity contribution in [3.63, 3.8) is 0 Å². The molecule has 2 atom stereocenters. The van der Waals surface area contributed by atoms with Crippen LogP contribution in [0.15, 0.2) is 42.5 Å². The SMILES string of the molecule is CCC(=O)N1CCc2ccc(O[C@@H](CC)C(=O)NC3CC3)cc2[C@@H]1c1ccc(C)cc1. The van der Waals surface area contributed by atoms with E-state index < -0.39 is 6.10 Å². The number of carbonyl (C=O) groups excluding carboxylic acids is 2. The maximum Gasteiger partial charge on any atom is 0.261 e. The third-order valence-electron chi connectivity index (χ3n) is 6.23. The van der Waals surface area contributed by atoms with E-state index in [1.807, 2.05) is 30.9 Å². The van der Waals surface area contributed by atoms with Crippen LogP contribution >= 0.6 is 0 Å². The van der Waals surface area contributed by atoms with E-state index in [4.69, 9.17) is 4.74 Å². The molecule has 164 valence electrons. The maximum absolute atomic E-state index is 12.8. The second-order valence-electron chi connectivity index (χ2n) is 8.66. The molecule has 0 unspecified atom stereocenters. The smallest absolute Gasteiger partial charge is 0.261 e. The second kappa shape index (κ2) is 9.13. The molecule has 0 spiro atoms. The van der Waals surface area contributed by atoms with Crippen LogP contribution in [0.2, 0.25) is 0 Å². The van der Waals surface area contributed by atoms with Crippen molar-refractivity contribution in [2.45, 2.75) is 71.1 Å². The molecule has 0 saturated heterocycles. The van der Waals surface area contributed by atoms with Gasteiger partial charge in [-0.15, -0.1) is 0 Å². The minimum Gasteiger partial charge on any atom is -0.481 e. The Labute approximate surface area is 184 Å². The fraction of sp³-hybridized carbons (Fsp3) is 0.462. The zero-order chi connectivity index (χ0) is 22.0. The molecule has 1 heterocycles. The molecule has 4 rings (SSSR count). The van der Waals surface area contributed by atoms with Gasteiger partial charge in [-0.2, -0.15) is 0 Å². The van der Waals surface area contributed by atoms with Crippen LogP contribution in [0.3, 0.4) is 0 Å². The lowest BCUT2D eigenvalue weighted by molar-refractivity contribution is -0.133. The molecule has 1 aliphatic carbocycles. The van der Waals surface area contributed by atoms with Gasteiger partial charge < -0.3 is 15.0 Å². The van der Waals surface area contributed by atoms with Gasteiger partial charge in [-0.05, 0) is 61.4 Å². The Morgan fingerprint density at radius 1 is 1.13 bits per heavy atom. The Kier molecular flexibility index (Phi) is 6.30. The predicted octanol–water partition coefficient (Wildman–Crippen LogP) is 4.32. The van der Waals surface area contributed by atoms with Gasteiger partial charge in [-0.25, -0.2) is 0 Å². The number of fused-ring (bicyclic) bond motifs is 1. The summed E-state index contributed by atoms with van der Waals surface area (Å²) in [6.07, 6.45) is 3.52. The van der Waals surface area contributed by atoms with Crippen molar-refractivity contribution in [3.8, 4) is 5.75 Å². The minimum absolute atomic E-state index is 0.0411. The number of benzene rings is 2. The van der Waals surface area contributed by atoms with Crippen molar-refractivity contribution in [3.05, 3.63) is 64.7 Å². The van der Waals surface area contributed by atoms with Crippen LogP contribution in [0.1, 0.15) is 67.8 Å². The van der Waals surface area contributed by atoms with Gasteiger partial charge in [0.05, 0.1) is 6.04 Å². The Morgan fingerprint density at radius 2 is 1.87 bits per heavy atom. The summed E-state index contributed by atoms with van der Waals surface area (Å²) in [6.45, 7) is 6.65. The van der Waals surface area contributed by atoms with E-state index in [0.29, 0.717) is 31.2 Å². The number of ether oxygens (including phenoxy) is 1. The molecule has 1 saturated carbocycles. The number of nitrogens with zero attached hydrogens (tertiary/aromatic N) is 1. The fourth-order valence-electron chi connectivity index (χ4n) is 4.25. The molecule has 0 radical (unpaired) electrons. The number of nitrogens with one attached hydrogen (secondary N) is 1. The van der Waals surface area contributed by atoms with Crippen LogP contribution in [0, 0.1) is 6.92 Å². The van der Waals surface area contributed by atoms with Crippen molar-refractivity contribution in [2.75, 3.05) is 6.54 Å². The first-order chi connectivity index (χ1) is 15.0. The maximum atomic E-state index is 12.8. The van der Waals surface area contributed by atoms with Crippen molar-refractivity contribution < 1.29 is 14.3 Å². The molecular weight excluding hydrogens is 388 g/mol. The molecule has 31 heavy (non-hydrogen) atoms. The monoisotopic (exact) mass is 420 g/mol. The molecule has 2 aromatic rings. The lowest BCUT2D eigenvalue weighted by Crippen LogP contribution is -2.40. The summed E-state index contributed by atoms with van der Waals surface area (Å²) < 4.78 is 6.13. The molecule has 2 amide bonds. The first-order valence-electron chi connectivity index (χ1n) is 11.5. The molecular formula is C26H32N2O3. The average Bonchev–Trinajstić information content (AvgIpc) is 3.60. The summed E-state index contributed by atoms with van der Waals surface area (Å²) in [5.41, 5.74) is 4.61. The first-order valence-corrected chi connectivity index (χ1v) is 11.5.